The molecule has 0 spiro atoms. The van der Waals surface area contributed by atoms with Crippen LogP contribution in [-0.2, 0) is 12.8 Å². The van der Waals surface area contributed by atoms with Gasteiger partial charge in [-0.15, -0.1) is 11.3 Å². The second kappa shape index (κ2) is 4.97. The quantitative estimate of drug-likeness (QED) is 0.841. The monoisotopic (exact) mass is 239 g/mol. The van der Waals surface area contributed by atoms with Crippen LogP contribution in [0.25, 0.3) is 0 Å². The smallest absolute Gasteiger partial charge is 0.261 e. The molecule has 0 radical (unpaired) electrons. The summed E-state index contributed by atoms with van der Waals surface area (Å²) in [5.41, 5.74) is 1.35. The first kappa shape index (κ1) is 11.6. The van der Waals surface area contributed by atoms with Crippen LogP contribution in [0.15, 0.2) is 6.07 Å². The first-order valence-electron chi connectivity index (χ1n) is 5.74. The van der Waals surface area contributed by atoms with Gasteiger partial charge in [0.2, 0.25) is 0 Å². The van der Waals surface area contributed by atoms with E-state index in [4.69, 9.17) is 5.11 Å². The van der Waals surface area contributed by atoms with E-state index in [-0.39, 0.29) is 12.0 Å². The molecule has 1 aromatic rings. The van der Waals surface area contributed by atoms with Gasteiger partial charge in [-0.05, 0) is 44.2 Å². The summed E-state index contributed by atoms with van der Waals surface area (Å²) in [5.74, 6) is 0.0000463. The Morgan fingerprint density at radius 3 is 3.12 bits per heavy atom. The van der Waals surface area contributed by atoms with Crippen molar-refractivity contribution in [3.8, 4) is 0 Å². The minimum absolute atomic E-state index is 0.0000463. The summed E-state index contributed by atoms with van der Waals surface area (Å²) >= 11 is 1.61. The molecule has 0 aromatic carbocycles. The first-order valence-corrected chi connectivity index (χ1v) is 6.56. The maximum absolute atomic E-state index is 11.7. The third-order valence-electron chi connectivity index (χ3n) is 2.82. The molecule has 3 nitrogen and oxygen atoms in total. The molecule has 4 heteroatoms. The average Bonchev–Trinajstić information content (AvgIpc) is 2.75. The zero-order chi connectivity index (χ0) is 11.5. The van der Waals surface area contributed by atoms with E-state index in [0.717, 1.165) is 17.7 Å². The molecule has 0 bridgehead atoms. The summed E-state index contributed by atoms with van der Waals surface area (Å²) in [6.07, 6.45) is 3.73. The van der Waals surface area contributed by atoms with Crippen molar-refractivity contribution in [2.45, 2.75) is 38.7 Å². The fourth-order valence-corrected chi connectivity index (χ4v) is 3.09. The van der Waals surface area contributed by atoms with Crippen LogP contribution in [0, 0.1) is 0 Å². The summed E-state index contributed by atoms with van der Waals surface area (Å²) in [6.45, 7) is 2.27. The molecule has 0 fully saturated rings. The highest BCUT2D eigenvalue weighted by Crippen LogP contribution is 2.30. The minimum atomic E-state index is -0.353. The molecule has 1 aromatic heterocycles. The fraction of sp³-hybridized carbons (Fsp3) is 0.583. The maximum atomic E-state index is 11.7. The predicted molar refractivity (Wildman–Crippen MR) is 65.0 cm³/mol. The number of rotatable bonds is 4. The molecule has 88 valence electrons. The van der Waals surface area contributed by atoms with E-state index < -0.39 is 0 Å². The van der Waals surface area contributed by atoms with Gasteiger partial charge in [0.1, 0.15) is 0 Å². The first-order chi connectivity index (χ1) is 7.66. The van der Waals surface area contributed by atoms with Crippen molar-refractivity contribution < 1.29 is 9.90 Å². The van der Waals surface area contributed by atoms with Crippen molar-refractivity contribution in [2.24, 2.45) is 0 Å². The average molecular weight is 239 g/mol. The van der Waals surface area contributed by atoms with Crippen LogP contribution in [0.3, 0.4) is 0 Å². The third kappa shape index (κ3) is 2.62. The number of nitrogens with one attached hydrogen (secondary N) is 1. The molecule has 0 aliphatic heterocycles. The molecule has 1 unspecified atom stereocenters. The lowest BCUT2D eigenvalue weighted by molar-refractivity contribution is 0.0949. The van der Waals surface area contributed by atoms with Crippen LogP contribution >= 0.6 is 11.3 Å². The van der Waals surface area contributed by atoms with Gasteiger partial charge in [-0.2, -0.15) is 0 Å². The van der Waals surface area contributed by atoms with E-state index in [2.05, 4.69) is 5.32 Å². The second-order valence-electron chi connectivity index (χ2n) is 4.31. The molecule has 16 heavy (non-hydrogen) atoms. The Balaban J connectivity index is 1.89. The molecule has 0 saturated carbocycles. The van der Waals surface area contributed by atoms with Crippen molar-refractivity contribution in [3.05, 3.63) is 21.4 Å². The molecule has 1 atom stereocenters. The number of aryl methyl sites for hydroxylation is 2. The van der Waals surface area contributed by atoms with Gasteiger partial charge in [-0.25, -0.2) is 0 Å². The van der Waals surface area contributed by atoms with E-state index in [1.165, 1.54) is 16.9 Å². The molecule has 1 aliphatic rings. The van der Waals surface area contributed by atoms with E-state index >= 15 is 0 Å². The highest BCUT2D eigenvalue weighted by atomic mass is 32.1. The number of amides is 1. The summed E-state index contributed by atoms with van der Waals surface area (Å²) in [5, 5.41) is 11.9. The van der Waals surface area contributed by atoms with Crippen LogP contribution in [0.1, 0.15) is 39.9 Å². The van der Waals surface area contributed by atoms with Crippen LogP contribution < -0.4 is 5.32 Å². The lowest BCUT2D eigenvalue weighted by atomic mass is 10.2. The Labute approximate surface area is 99.5 Å². The van der Waals surface area contributed by atoms with Gasteiger partial charge in [-0.3, -0.25) is 4.79 Å². The Bertz CT molecular complexity index is 363. The van der Waals surface area contributed by atoms with Gasteiger partial charge >= 0.3 is 0 Å². The van der Waals surface area contributed by atoms with Gasteiger partial charge in [0.25, 0.3) is 5.91 Å². The molecule has 1 heterocycles. The topological polar surface area (TPSA) is 49.3 Å². The summed E-state index contributed by atoms with van der Waals surface area (Å²) < 4.78 is 0. The van der Waals surface area contributed by atoms with Crippen molar-refractivity contribution in [1.29, 1.82) is 0 Å². The van der Waals surface area contributed by atoms with Gasteiger partial charge < -0.3 is 10.4 Å². The zero-order valence-corrected chi connectivity index (χ0v) is 10.3. The van der Waals surface area contributed by atoms with E-state index in [0.29, 0.717) is 13.0 Å². The highest BCUT2D eigenvalue weighted by molar-refractivity contribution is 7.14. The number of hydrogen-bond acceptors (Lipinski definition) is 3. The van der Waals surface area contributed by atoms with Gasteiger partial charge in [-0.1, -0.05) is 0 Å². The van der Waals surface area contributed by atoms with Crippen molar-refractivity contribution in [3.63, 3.8) is 0 Å². The van der Waals surface area contributed by atoms with E-state index in [1.54, 1.807) is 18.3 Å². The largest absolute Gasteiger partial charge is 0.393 e. The summed E-state index contributed by atoms with van der Waals surface area (Å²) in [6, 6.07) is 2.02. The fourth-order valence-electron chi connectivity index (χ4n) is 1.92. The van der Waals surface area contributed by atoms with Crippen LogP contribution in [0.2, 0.25) is 0 Å². The predicted octanol–water partition coefficient (Wildman–Crippen LogP) is 1.74. The molecule has 2 N–H and O–H groups in total. The van der Waals surface area contributed by atoms with Crippen LogP contribution in [-0.4, -0.2) is 23.7 Å². The molecular weight excluding hydrogens is 222 g/mol. The van der Waals surface area contributed by atoms with Gasteiger partial charge in [0.15, 0.2) is 0 Å². The number of thiophene rings is 1. The summed E-state index contributed by atoms with van der Waals surface area (Å²) in [7, 11) is 0. The van der Waals surface area contributed by atoms with E-state index in [1.807, 2.05) is 6.07 Å². The number of carbonyl (C=O) groups excluding carboxylic acids is 1. The Morgan fingerprint density at radius 2 is 2.44 bits per heavy atom. The van der Waals surface area contributed by atoms with Gasteiger partial charge in [0, 0.05) is 11.4 Å². The molecule has 1 amide bonds. The second-order valence-corrected chi connectivity index (χ2v) is 5.44. The lowest BCUT2D eigenvalue weighted by Crippen LogP contribution is -2.25. The van der Waals surface area contributed by atoms with Crippen molar-refractivity contribution in [2.75, 3.05) is 6.54 Å². The Kier molecular flexibility index (Phi) is 3.61. The molecular formula is C12H17NO2S. The standard InChI is InChI=1S/C12H17NO2S/c1-8(14)5-6-13-12(15)11-7-9-3-2-4-10(9)16-11/h7-8,14H,2-6H2,1H3,(H,13,15). The number of fused-ring (bicyclic) bond motifs is 1. The minimum Gasteiger partial charge on any atom is -0.393 e. The van der Waals surface area contributed by atoms with Crippen molar-refractivity contribution >= 4 is 17.2 Å². The number of hydrogen-bond donors (Lipinski definition) is 2. The maximum Gasteiger partial charge on any atom is 0.261 e. The Morgan fingerprint density at radius 1 is 1.62 bits per heavy atom. The zero-order valence-electron chi connectivity index (χ0n) is 9.45. The Hall–Kier alpha value is -0.870. The highest BCUT2D eigenvalue weighted by Gasteiger charge is 2.18. The number of carbonyl (C=O) groups is 1. The number of aliphatic hydroxyl groups is 1. The van der Waals surface area contributed by atoms with Gasteiger partial charge in [0.05, 0.1) is 11.0 Å². The third-order valence-corrected chi connectivity index (χ3v) is 4.05. The van der Waals surface area contributed by atoms with E-state index in [9.17, 15) is 4.79 Å². The SMILES string of the molecule is CC(O)CCNC(=O)c1cc2c(s1)CCC2. The van der Waals surface area contributed by atoms with Crippen LogP contribution in [0.5, 0.6) is 0 Å². The number of aliphatic hydroxyl groups excluding tert-OH is 1. The normalized spacial score (nSPS) is 15.9. The summed E-state index contributed by atoms with van der Waals surface area (Å²) in [4.78, 5) is 13.9. The molecule has 0 saturated heterocycles. The molecule has 2 rings (SSSR count). The lowest BCUT2D eigenvalue weighted by Gasteiger charge is -2.05. The van der Waals surface area contributed by atoms with Crippen LogP contribution in [0.4, 0.5) is 0 Å². The molecule has 1 aliphatic carbocycles. The van der Waals surface area contributed by atoms with Crippen molar-refractivity contribution in [1.82, 2.24) is 5.32 Å².